The van der Waals surface area contributed by atoms with Crippen molar-refractivity contribution in [3.63, 3.8) is 0 Å². The van der Waals surface area contributed by atoms with E-state index >= 15 is 0 Å². The minimum atomic E-state index is -1.33. The van der Waals surface area contributed by atoms with Crippen LogP contribution in [0.1, 0.15) is 32.8 Å². The fraction of sp³-hybridized carbons (Fsp3) is 0.435. The predicted octanol–water partition coefficient (Wildman–Crippen LogP) is 3.20. The van der Waals surface area contributed by atoms with Crippen molar-refractivity contribution in [1.82, 2.24) is 19.6 Å². The number of hydrogen-bond donors (Lipinski definition) is 1. The predicted molar refractivity (Wildman–Crippen MR) is 116 cm³/mol. The highest BCUT2D eigenvalue weighted by Crippen LogP contribution is 2.57. The Hall–Kier alpha value is -2.81. The molecule has 0 amide bonds. The van der Waals surface area contributed by atoms with Gasteiger partial charge < -0.3 is 19.5 Å². The molecule has 8 heteroatoms. The van der Waals surface area contributed by atoms with Gasteiger partial charge in [-0.15, -0.1) is 6.58 Å². The molecule has 5 rings (SSSR count). The second-order valence-electron chi connectivity index (χ2n) is 9.15. The van der Waals surface area contributed by atoms with Crippen molar-refractivity contribution in [3.05, 3.63) is 61.1 Å². The molecule has 1 N–H and O–H groups in total. The van der Waals surface area contributed by atoms with Gasteiger partial charge in [-0.3, -0.25) is 0 Å². The molecule has 2 aliphatic rings. The molecular weight excluding hydrogens is 394 g/mol. The Morgan fingerprint density at radius 3 is 2.58 bits per heavy atom. The first-order chi connectivity index (χ1) is 14.7. The zero-order valence-corrected chi connectivity index (χ0v) is 18.2. The summed E-state index contributed by atoms with van der Waals surface area (Å²) in [7, 11) is 1.92. The van der Waals surface area contributed by atoms with Gasteiger partial charge in [0.1, 0.15) is 18.0 Å². The van der Waals surface area contributed by atoms with E-state index in [0.717, 1.165) is 5.69 Å². The molecule has 4 atom stereocenters. The Morgan fingerprint density at radius 2 is 1.87 bits per heavy atom. The monoisotopic (exact) mass is 421 g/mol. The number of aliphatic hydroxyl groups is 1. The Labute approximate surface area is 181 Å². The lowest BCUT2D eigenvalue weighted by molar-refractivity contribution is -0.188. The molecule has 8 nitrogen and oxygen atoms in total. The van der Waals surface area contributed by atoms with Gasteiger partial charge in [-0.2, -0.15) is 9.61 Å². The summed E-state index contributed by atoms with van der Waals surface area (Å²) in [5, 5.41) is 16.5. The molecule has 0 spiro atoms. The van der Waals surface area contributed by atoms with Crippen LogP contribution in [0.15, 0.2) is 55.5 Å². The molecule has 0 unspecified atom stereocenters. The van der Waals surface area contributed by atoms with Crippen molar-refractivity contribution in [2.75, 3.05) is 11.9 Å². The third-order valence-electron chi connectivity index (χ3n) is 6.53. The van der Waals surface area contributed by atoms with Crippen molar-refractivity contribution in [2.45, 2.75) is 50.8 Å². The van der Waals surface area contributed by atoms with Crippen LogP contribution in [0, 0.1) is 5.41 Å². The number of para-hydroxylation sites is 1. The third-order valence-corrected chi connectivity index (χ3v) is 6.53. The largest absolute Gasteiger partial charge is 0.382 e. The minimum absolute atomic E-state index is 0.326. The van der Waals surface area contributed by atoms with E-state index in [1.807, 2.05) is 69.1 Å². The summed E-state index contributed by atoms with van der Waals surface area (Å²) >= 11 is 0. The maximum atomic E-state index is 12.0. The fourth-order valence-corrected chi connectivity index (χ4v) is 4.91. The summed E-state index contributed by atoms with van der Waals surface area (Å²) in [5.41, 5.74) is 0.306. The molecule has 3 heterocycles. The molecule has 1 aromatic carbocycles. The van der Waals surface area contributed by atoms with Gasteiger partial charge in [-0.1, -0.05) is 31.2 Å². The number of nitrogens with zero attached hydrogens (tertiary/aromatic N) is 5. The smallest absolute Gasteiger partial charge is 0.234 e. The van der Waals surface area contributed by atoms with Crippen LogP contribution in [-0.4, -0.2) is 49.7 Å². The van der Waals surface area contributed by atoms with Crippen molar-refractivity contribution in [3.8, 4) is 0 Å². The summed E-state index contributed by atoms with van der Waals surface area (Å²) in [5.74, 6) is -0.207. The van der Waals surface area contributed by atoms with Crippen LogP contribution in [0.2, 0.25) is 0 Å². The van der Waals surface area contributed by atoms with Crippen LogP contribution < -0.4 is 4.90 Å². The number of aromatic nitrogens is 4. The first kappa shape index (κ1) is 20.1. The van der Waals surface area contributed by atoms with Gasteiger partial charge in [-0.25, -0.2) is 9.97 Å². The van der Waals surface area contributed by atoms with Gasteiger partial charge in [0.25, 0.3) is 0 Å². The summed E-state index contributed by atoms with van der Waals surface area (Å²) < 4.78 is 14.0. The second kappa shape index (κ2) is 6.59. The van der Waals surface area contributed by atoms with Crippen molar-refractivity contribution >= 4 is 17.3 Å². The van der Waals surface area contributed by atoms with Gasteiger partial charge in [0.15, 0.2) is 11.4 Å². The average molecular weight is 422 g/mol. The second-order valence-corrected chi connectivity index (χ2v) is 9.15. The Kier molecular flexibility index (Phi) is 4.28. The molecule has 2 fully saturated rings. The number of benzene rings is 1. The SMILES string of the molecule is C=C[C@@]1(C)C[C@@](O)(c2cnn3c(N(C)c4ccccc4)ncnc23)[C@@H]2OC(C)(C)O[C@@H]21. The van der Waals surface area contributed by atoms with Gasteiger partial charge >= 0.3 is 0 Å². The number of anilines is 2. The van der Waals surface area contributed by atoms with Gasteiger partial charge in [-0.05, 0) is 32.4 Å². The molecule has 1 aliphatic heterocycles. The van der Waals surface area contributed by atoms with E-state index in [0.29, 0.717) is 23.6 Å². The first-order valence-electron chi connectivity index (χ1n) is 10.4. The molecule has 1 saturated carbocycles. The summed E-state index contributed by atoms with van der Waals surface area (Å²) in [4.78, 5) is 10.8. The lowest BCUT2D eigenvalue weighted by Gasteiger charge is -2.31. The Bertz CT molecular complexity index is 1150. The lowest BCUT2D eigenvalue weighted by Crippen LogP contribution is -2.39. The molecule has 0 radical (unpaired) electrons. The van der Waals surface area contributed by atoms with E-state index in [2.05, 4.69) is 21.6 Å². The summed E-state index contributed by atoms with van der Waals surface area (Å²) in [6.07, 6.45) is 4.50. The van der Waals surface area contributed by atoms with E-state index in [1.165, 1.54) is 6.33 Å². The van der Waals surface area contributed by atoms with Gasteiger partial charge in [0, 0.05) is 18.2 Å². The van der Waals surface area contributed by atoms with Crippen LogP contribution >= 0.6 is 0 Å². The fourth-order valence-electron chi connectivity index (χ4n) is 4.91. The molecule has 1 aliphatic carbocycles. The molecule has 162 valence electrons. The maximum absolute atomic E-state index is 12.0. The highest BCUT2D eigenvalue weighted by atomic mass is 16.8. The van der Waals surface area contributed by atoms with Crippen LogP contribution in [0.3, 0.4) is 0 Å². The summed E-state index contributed by atoms with van der Waals surface area (Å²) in [6.45, 7) is 9.76. The van der Waals surface area contributed by atoms with E-state index in [-0.39, 0.29) is 6.10 Å². The van der Waals surface area contributed by atoms with Crippen molar-refractivity contribution in [2.24, 2.45) is 5.41 Å². The Morgan fingerprint density at radius 1 is 1.16 bits per heavy atom. The van der Waals surface area contributed by atoms with Crippen LogP contribution in [0.25, 0.3) is 5.65 Å². The molecule has 31 heavy (non-hydrogen) atoms. The zero-order chi connectivity index (χ0) is 22.0. The molecular formula is C23H27N5O3. The van der Waals surface area contributed by atoms with Crippen molar-refractivity contribution in [1.29, 1.82) is 0 Å². The van der Waals surface area contributed by atoms with E-state index < -0.39 is 22.9 Å². The maximum Gasteiger partial charge on any atom is 0.234 e. The van der Waals surface area contributed by atoms with Gasteiger partial charge in [0.05, 0.1) is 17.9 Å². The van der Waals surface area contributed by atoms with Crippen LogP contribution in [0.4, 0.5) is 11.6 Å². The highest BCUT2D eigenvalue weighted by Gasteiger charge is 2.66. The lowest BCUT2D eigenvalue weighted by atomic mass is 9.84. The number of ether oxygens (including phenoxy) is 2. The van der Waals surface area contributed by atoms with Crippen LogP contribution in [-0.2, 0) is 15.1 Å². The molecule has 2 aromatic heterocycles. The molecule has 0 bridgehead atoms. The van der Waals surface area contributed by atoms with Crippen molar-refractivity contribution < 1.29 is 14.6 Å². The Balaban J connectivity index is 1.62. The average Bonchev–Trinajstić information content (AvgIpc) is 3.40. The van der Waals surface area contributed by atoms with Crippen LogP contribution in [0.5, 0.6) is 0 Å². The van der Waals surface area contributed by atoms with E-state index in [1.54, 1.807) is 10.7 Å². The molecule has 3 aromatic rings. The zero-order valence-electron chi connectivity index (χ0n) is 18.2. The highest BCUT2D eigenvalue weighted by molar-refractivity contribution is 5.61. The number of hydrogen-bond acceptors (Lipinski definition) is 7. The quantitative estimate of drug-likeness (QED) is 0.648. The number of fused-ring (bicyclic) bond motifs is 2. The normalized spacial score (nSPS) is 31.6. The van der Waals surface area contributed by atoms with E-state index in [4.69, 9.17) is 9.47 Å². The topological polar surface area (TPSA) is 85.0 Å². The standard InChI is InChI=1S/C23H27N5O3/c1-6-22(4)13-23(29,18-17(22)30-21(2,3)31-18)16-12-26-28-19(16)24-14-25-20(28)27(5)15-10-8-7-9-11-15/h6-12,14,17-18,29H,1,13H2,2-5H3/t17-,18+,22-,23+/m0/s1. The third kappa shape index (κ3) is 2.90. The first-order valence-corrected chi connectivity index (χ1v) is 10.4. The summed E-state index contributed by atoms with van der Waals surface area (Å²) in [6, 6.07) is 9.89. The van der Waals surface area contributed by atoms with E-state index in [9.17, 15) is 5.11 Å². The minimum Gasteiger partial charge on any atom is -0.382 e. The molecule has 1 saturated heterocycles. The number of rotatable bonds is 4. The van der Waals surface area contributed by atoms with Gasteiger partial charge in [0.2, 0.25) is 5.95 Å².